The number of hydrogen-bond acceptors (Lipinski definition) is 1. The number of rotatable bonds is 2. The Morgan fingerprint density at radius 1 is 1.05 bits per heavy atom. The van der Waals surface area contributed by atoms with Crippen LogP contribution in [-0.2, 0) is 10.2 Å². The van der Waals surface area contributed by atoms with Crippen molar-refractivity contribution >= 4 is 5.91 Å². The molecular formula is C14H14F3NO. The number of nitrogens with zero attached hydrogens (tertiary/aromatic N) is 1. The van der Waals surface area contributed by atoms with Gasteiger partial charge in [0.15, 0.2) is 17.5 Å². The van der Waals surface area contributed by atoms with Crippen LogP contribution in [0.25, 0.3) is 0 Å². The van der Waals surface area contributed by atoms with Crippen molar-refractivity contribution in [2.45, 2.75) is 31.1 Å². The fourth-order valence-corrected chi connectivity index (χ4v) is 2.84. The van der Waals surface area contributed by atoms with E-state index in [0.29, 0.717) is 25.9 Å². The van der Waals surface area contributed by atoms with Crippen LogP contribution in [-0.4, -0.2) is 23.9 Å². The lowest BCUT2D eigenvalue weighted by Crippen LogP contribution is -2.37. The Hall–Kier alpha value is -1.52. The summed E-state index contributed by atoms with van der Waals surface area (Å²) in [5.41, 5.74) is -0.952. The molecule has 0 N–H and O–H groups in total. The fourth-order valence-electron chi connectivity index (χ4n) is 2.84. The molecule has 1 aliphatic heterocycles. The van der Waals surface area contributed by atoms with Crippen LogP contribution in [0.2, 0.25) is 0 Å². The first kappa shape index (κ1) is 12.5. The Bertz CT molecular complexity index is 534. The van der Waals surface area contributed by atoms with Crippen LogP contribution in [0.3, 0.4) is 0 Å². The summed E-state index contributed by atoms with van der Waals surface area (Å²) in [5.74, 6) is -4.07. The van der Waals surface area contributed by atoms with Gasteiger partial charge < -0.3 is 4.90 Å². The molecule has 0 aromatic heterocycles. The summed E-state index contributed by atoms with van der Waals surface area (Å²) in [4.78, 5) is 14.1. The molecule has 19 heavy (non-hydrogen) atoms. The van der Waals surface area contributed by atoms with Crippen molar-refractivity contribution in [2.75, 3.05) is 13.1 Å². The molecule has 2 nitrogen and oxygen atoms in total. The highest BCUT2D eigenvalue weighted by atomic mass is 19.2. The Balaban J connectivity index is 1.97. The summed E-state index contributed by atoms with van der Waals surface area (Å²) in [6.45, 7) is 1.34. The average Bonchev–Trinajstić information content (AvgIpc) is 3.01. The maximum Gasteiger partial charge on any atom is 0.233 e. The van der Waals surface area contributed by atoms with Gasteiger partial charge in [-0.2, -0.15) is 0 Å². The third-order valence-corrected chi connectivity index (χ3v) is 4.10. The van der Waals surface area contributed by atoms with E-state index in [-0.39, 0.29) is 11.5 Å². The molecule has 0 radical (unpaired) electrons. The second-order valence-electron chi connectivity index (χ2n) is 5.30. The smallest absolute Gasteiger partial charge is 0.233 e. The molecule has 0 spiro atoms. The number of carbonyl (C=O) groups is 1. The molecule has 1 aliphatic carbocycles. The quantitative estimate of drug-likeness (QED) is 0.756. The second-order valence-corrected chi connectivity index (χ2v) is 5.30. The maximum absolute atomic E-state index is 13.9. The van der Waals surface area contributed by atoms with Crippen LogP contribution >= 0.6 is 0 Å². The minimum Gasteiger partial charge on any atom is -0.342 e. The van der Waals surface area contributed by atoms with Gasteiger partial charge in [-0.05, 0) is 31.7 Å². The zero-order valence-electron chi connectivity index (χ0n) is 10.4. The van der Waals surface area contributed by atoms with E-state index < -0.39 is 22.9 Å². The first-order valence-electron chi connectivity index (χ1n) is 6.49. The van der Waals surface area contributed by atoms with Gasteiger partial charge in [0.1, 0.15) is 0 Å². The summed E-state index contributed by atoms with van der Waals surface area (Å²) >= 11 is 0. The van der Waals surface area contributed by atoms with Crippen LogP contribution in [0.1, 0.15) is 31.2 Å². The van der Waals surface area contributed by atoms with Crippen LogP contribution < -0.4 is 0 Å². The van der Waals surface area contributed by atoms with E-state index in [9.17, 15) is 18.0 Å². The van der Waals surface area contributed by atoms with E-state index in [2.05, 4.69) is 0 Å². The second kappa shape index (κ2) is 4.25. The lowest BCUT2D eigenvalue weighted by molar-refractivity contribution is -0.132. The number of halogens is 3. The number of amides is 1. The molecule has 1 saturated carbocycles. The lowest BCUT2D eigenvalue weighted by Gasteiger charge is -2.23. The normalized spacial score (nSPS) is 20.7. The molecule has 1 heterocycles. The van der Waals surface area contributed by atoms with Gasteiger partial charge in [0.2, 0.25) is 5.91 Å². The van der Waals surface area contributed by atoms with E-state index >= 15 is 0 Å². The Morgan fingerprint density at radius 2 is 1.68 bits per heavy atom. The highest BCUT2D eigenvalue weighted by Gasteiger charge is 2.55. The Morgan fingerprint density at radius 3 is 2.26 bits per heavy atom. The van der Waals surface area contributed by atoms with Gasteiger partial charge in [-0.15, -0.1) is 0 Å². The van der Waals surface area contributed by atoms with Gasteiger partial charge in [-0.1, -0.05) is 6.07 Å². The van der Waals surface area contributed by atoms with Gasteiger partial charge in [-0.25, -0.2) is 13.2 Å². The van der Waals surface area contributed by atoms with E-state index in [1.54, 1.807) is 4.90 Å². The molecular weight excluding hydrogens is 255 g/mol. The Kier molecular flexibility index (Phi) is 2.80. The summed E-state index contributed by atoms with van der Waals surface area (Å²) in [6, 6.07) is 2.10. The summed E-state index contributed by atoms with van der Waals surface area (Å²) in [6.07, 6.45) is 2.90. The number of hydrogen-bond donors (Lipinski definition) is 0. The van der Waals surface area contributed by atoms with Crippen molar-refractivity contribution in [1.29, 1.82) is 0 Å². The van der Waals surface area contributed by atoms with Gasteiger partial charge in [0, 0.05) is 18.7 Å². The van der Waals surface area contributed by atoms with Gasteiger partial charge in [0.05, 0.1) is 5.41 Å². The fraction of sp³-hybridized carbons (Fsp3) is 0.500. The van der Waals surface area contributed by atoms with Crippen molar-refractivity contribution in [3.8, 4) is 0 Å². The molecule has 2 aliphatic rings. The van der Waals surface area contributed by atoms with Crippen LogP contribution in [0, 0.1) is 17.5 Å². The molecule has 0 atom stereocenters. The largest absolute Gasteiger partial charge is 0.342 e. The van der Waals surface area contributed by atoms with Gasteiger partial charge in [-0.3, -0.25) is 4.79 Å². The Labute approximate surface area is 109 Å². The van der Waals surface area contributed by atoms with Gasteiger partial charge >= 0.3 is 0 Å². The minimum atomic E-state index is -1.49. The molecule has 1 aromatic rings. The minimum absolute atomic E-state index is 0.00306. The monoisotopic (exact) mass is 269 g/mol. The third-order valence-electron chi connectivity index (χ3n) is 4.10. The third kappa shape index (κ3) is 1.83. The predicted molar refractivity (Wildman–Crippen MR) is 63.0 cm³/mol. The zero-order valence-corrected chi connectivity index (χ0v) is 10.4. The van der Waals surface area contributed by atoms with Crippen molar-refractivity contribution in [1.82, 2.24) is 4.90 Å². The van der Waals surface area contributed by atoms with Crippen LogP contribution in [0.4, 0.5) is 13.2 Å². The average molecular weight is 269 g/mol. The van der Waals surface area contributed by atoms with E-state index in [0.717, 1.165) is 18.9 Å². The van der Waals surface area contributed by atoms with Crippen molar-refractivity contribution in [3.63, 3.8) is 0 Å². The molecule has 0 bridgehead atoms. The molecule has 1 amide bonds. The number of benzene rings is 1. The number of likely N-dealkylation sites (tertiary alicyclic amines) is 1. The van der Waals surface area contributed by atoms with Crippen molar-refractivity contribution in [3.05, 3.63) is 35.1 Å². The topological polar surface area (TPSA) is 20.3 Å². The summed E-state index contributed by atoms with van der Waals surface area (Å²) < 4.78 is 40.1. The predicted octanol–water partition coefficient (Wildman–Crippen LogP) is 2.76. The zero-order chi connectivity index (χ0) is 13.6. The van der Waals surface area contributed by atoms with Crippen LogP contribution in [0.5, 0.6) is 0 Å². The van der Waals surface area contributed by atoms with Crippen molar-refractivity contribution in [2.24, 2.45) is 0 Å². The highest BCUT2D eigenvalue weighted by Crippen LogP contribution is 2.51. The van der Waals surface area contributed by atoms with Crippen LogP contribution in [0.15, 0.2) is 12.1 Å². The first-order valence-corrected chi connectivity index (χ1v) is 6.49. The van der Waals surface area contributed by atoms with E-state index in [1.165, 1.54) is 6.07 Å². The summed E-state index contributed by atoms with van der Waals surface area (Å²) in [5, 5.41) is 0. The SMILES string of the molecule is O=C(N1CCCC1)C1(c2ccc(F)c(F)c2F)CC1. The van der Waals surface area contributed by atoms with E-state index in [1.807, 2.05) is 0 Å². The lowest BCUT2D eigenvalue weighted by atomic mass is 9.93. The van der Waals surface area contributed by atoms with E-state index in [4.69, 9.17) is 0 Å². The molecule has 2 fully saturated rings. The maximum atomic E-state index is 13.9. The molecule has 3 rings (SSSR count). The number of carbonyl (C=O) groups excluding carboxylic acids is 1. The summed E-state index contributed by atoms with van der Waals surface area (Å²) in [7, 11) is 0. The highest BCUT2D eigenvalue weighted by molar-refractivity contribution is 5.91. The first-order chi connectivity index (χ1) is 9.06. The van der Waals surface area contributed by atoms with Gasteiger partial charge in [0.25, 0.3) is 0 Å². The molecule has 102 valence electrons. The molecule has 0 unspecified atom stereocenters. The molecule has 5 heteroatoms. The van der Waals surface area contributed by atoms with Crippen molar-refractivity contribution < 1.29 is 18.0 Å². The molecule has 1 saturated heterocycles. The standard InChI is InChI=1S/C14H14F3NO/c15-10-4-3-9(11(16)12(10)17)14(5-6-14)13(19)18-7-1-2-8-18/h3-4H,1-2,5-8H2. The molecule has 1 aromatic carbocycles.